The van der Waals surface area contributed by atoms with E-state index in [1.54, 1.807) is 19.1 Å². The van der Waals surface area contributed by atoms with Crippen molar-refractivity contribution in [3.8, 4) is 6.07 Å². The molecule has 0 saturated carbocycles. The normalized spacial score (nSPS) is 11.9. The van der Waals surface area contributed by atoms with E-state index in [0.717, 1.165) is 0 Å². The molecule has 0 aliphatic carbocycles. The Morgan fingerprint density at radius 2 is 2.21 bits per heavy atom. The minimum Gasteiger partial charge on any atom is -0.397 e. The molecule has 0 saturated heterocycles. The second-order valence-corrected chi connectivity index (χ2v) is 3.54. The third-order valence-electron chi connectivity index (χ3n) is 1.81. The van der Waals surface area contributed by atoms with Gasteiger partial charge in [0, 0.05) is 11.1 Å². The highest BCUT2D eigenvalue weighted by Crippen LogP contribution is 2.25. The number of nitrogens with zero attached hydrogens (tertiary/aromatic N) is 1. The summed E-state index contributed by atoms with van der Waals surface area (Å²) in [5.74, 6) is -0.392. The molecule has 0 bridgehead atoms. The van der Waals surface area contributed by atoms with Gasteiger partial charge in [-0.2, -0.15) is 5.26 Å². The Morgan fingerprint density at radius 3 is 2.79 bits per heavy atom. The predicted octanol–water partition coefficient (Wildman–Crippen LogP) is 2.80. The molecule has 4 heteroatoms. The van der Waals surface area contributed by atoms with Gasteiger partial charge in [-0.25, -0.2) is 4.39 Å². The Kier molecular flexibility index (Phi) is 3.26. The van der Waals surface area contributed by atoms with Gasteiger partial charge in [0.1, 0.15) is 5.82 Å². The highest BCUT2D eigenvalue weighted by Gasteiger charge is 2.09. The van der Waals surface area contributed by atoms with Crippen molar-refractivity contribution < 1.29 is 4.39 Å². The number of allylic oxidation sites excluding steroid dienone is 1. The van der Waals surface area contributed by atoms with Crippen LogP contribution in [0.4, 0.5) is 4.39 Å². The molecule has 0 aliphatic rings. The standard InChI is InChI=1S/C10H8BrFN2/c1-6(5-13)10(14)7-3-2-4-8(12)9(7)11/h2-4H,14H2,1H3/b10-6-. The first-order chi connectivity index (χ1) is 6.57. The summed E-state index contributed by atoms with van der Waals surface area (Å²) >= 11 is 3.08. The maximum absolute atomic E-state index is 13.1. The van der Waals surface area contributed by atoms with Crippen LogP contribution in [0.25, 0.3) is 5.70 Å². The molecule has 2 nitrogen and oxygen atoms in total. The second-order valence-electron chi connectivity index (χ2n) is 2.75. The molecule has 0 spiro atoms. The van der Waals surface area contributed by atoms with Crippen LogP contribution in [0.3, 0.4) is 0 Å². The van der Waals surface area contributed by atoms with Crippen molar-refractivity contribution in [3.05, 3.63) is 39.6 Å². The minimum atomic E-state index is -0.392. The monoisotopic (exact) mass is 254 g/mol. The van der Waals surface area contributed by atoms with Gasteiger partial charge in [0.2, 0.25) is 0 Å². The third-order valence-corrected chi connectivity index (χ3v) is 2.62. The van der Waals surface area contributed by atoms with E-state index in [-0.39, 0.29) is 4.47 Å². The summed E-state index contributed by atoms with van der Waals surface area (Å²) < 4.78 is 13.4. The van der Waals surface area contributed by atoms with E-state index < -0.39 is 5.82 Å². The molecule has 0 amide bonds. The summed E-state index contributed by atoms with van der Waals surface area (Å²) in [5, 5.41) is 8.63. The van der Waals surface area contributed by atoms with Crippen LogP contribution >= 0.6 is 15.9 Å². The van der Waals surface area contributed by atoms with Crippen molar-refractivity contribution in [2.75, 3.05) is 0 Å². The molecule has 0 radical (unpaired) electrons. The Morgan fingerprint density at radius 1 is 1.57 bits per heavy atom. The van der Waals surface area contributed by atoms with Gasteiger partial charge in [-0.3, -0.25) is 0 Å². The van der Waals surface area contributed by atoms with Crippen LogP contribution < -0.4 is 5.73 Å². The van der Waals surface area contributed by atoms with E-state index in [1.807, 2.05) is 6.07 Å². The molecule has 14 heavy (non-hydrogen) atoms. The molecule has 2 N–H and O–H groups in total. The molecule has 0 unspecified atom stereocenters. The summed E-state index contributed by atoms with van der Waals surface area (Å²) in [7, 11) is 0. The van der Waals surface area contributed by atoms with Crippen molar-refractivity contribution in [3.63, 3.8) is 0 Å². The lowest BCUT2D eigenvalue weighted by Crippen LogP contribution is -2.01. The van der Waals surface area contributed by atoms with E-state index >= 15 is 0 Å². The van der Waals surface area contributed by atoms with Gasteiger partial charge in [0.05, 0.1) is 16.2 Å². The fourth-order valence-electron chi connectivity index (χ4n) is 0.974. The quantitative estimate of drug-likeness (QED) is 0.784. The SMILES string of the molecule is C/C(C#N)=C(/N)c1cccc(F)c1Br. The van der Waals surface area contributed by atoms with Gasteiger partial charge in [0.25, 0.3) is 0 Å². The highest BCUT2D eigenvalue weighted by molar-refractivity contribution is 9.10. The van der Waals surface area contributed by atoms with Gasteiger partial charge >= 0.3 is 0 Å². The Balaban J connectivity index is 3.36. The van der Waals surface area contributed by atoms with Crippen LogP contribution in [0.5, 0.6) is 0 Å². The van der Waals surface area contributed by atoms with Gasteiger partial charge in [-0.1, -0.05) is 12.1 Å². The second kappa shape index (κ2) is 4.25. The van der Waals surface area contributed by atoms with Crippen LogP contribution in [0.1, 0.15) is 12.5 Å². The topological polar surface area (TPSA) is 49.8 Å². The summed E-state index contributed by atoms with van der Waals surface area (Å²) in [6.07, 6.45) is 0. The first kappa shape index (κ1) is 10.7. The average Bonchev–Trinajstić information content (AvgIpc) is 2.20. The van der Waals surface area contributed by atoms with Gasteiger partial charge in [-0.15, -0.1) is 0 Å². The zero-order valence-corrected chi connectivity index (χ0v) is 9.10. The van der Waals surface area contributed by atoms with Gasteiger partial charge in [-0.05, 0) is 28.9 Å². The number of benzene rings is 1. The number of hydrogen-bond acceptors (Lipinski definition) is 2. The number of nitrogens with two attached hydrogens (primary N) is 1. The number of hydrogen-bond donors (Lipinski definition) is 1. The number of halogens is 2. The van der Waals surface area contributed by atoms with Crippen LogP contribution in [0.15, 0.2) is 28.2 Å². The smallest absolute Gasteiger partial charge is 0.138 e. The molecule has 0 heterocycles. The van der Waals surface area contributed by atoms with Crippen LogP contribution in [-0.2, 0) is 0 Å². The van der Waals surface area contributed by atoms with Crippen molar-refractivity contribution in [1.82, 2.24) is 0 Å². The zero-order chi connectivity index (χ0) is 10.7. The van der Waals surface area contributed by atoms with E-state index in [0.29, 0.717) is 16.8 Å². The molecular weight excluding hydrogens is 247 g/mol. The molecule has 0 aliphatic heterocycles. The van der Waals surface area contributed by atoms with E-state index in [4.69, 9.17) is 11.0 Å². The summed E-state index contributed by atoms with van der Waals surface area (Å²) in [6, 6.07) is 6.45. The first-order valence-electron chi connectivity index (χ1n) is 3.88. The highest BCUT2D eigenvalue weighted by atomic mass is 79.9. The molecule has 1 rings (SSSR count). The number of rotatable bonds is 1. The zero-order valence-electron chi connectivity index (χ0n) is 7.51. The maximum atomic E-state index is 13.1. The Bertz CT molecular complexity index is 432. The summed E-state index contributed by atoms with van der Waals surface area (Å²) in [6.45, 7) is 1.59. The summed E-state index contributed by atoms with van der Waals surface area (Å²) in [5.41, 5.74) is 6.85. The fraction of sp³-hybridized carbons (Fsp3) is 0.100. The van der Waals surface area contributed by atoms with Crippen molar-refractivity contribution >= 4 is 21.6 Å². The molecule has 0 aromatic heterocycles. The number of nitriles is 1. The Hall–Kier alpha value is -1.34. The molecule has 0 atom stereocenters. The van der Waals surface area contributed by atoms with E-state index in [9.17, 15) is 4.39 Å². The predicted molar refractivity (Wildman–Crippen MR) is 56.5 cm³/mol. The summed E-state index contributed by atoms with van der Waals surface area (Å²) in [4.78, 5) is 0. The van der Waals surface area contributed by atoms with E-state index in [2.05, 4.69) is 15.9 Å². The minimum absolute atomic E-state index is 0.284. The molecule has 1 aromatic carbocycles. The average molecular weight is 255 g/mol. The first-order valence-corrected chi connectivity index (χ1v) is 4.68. The lowest BCUT2D eigenvalue weighted by Gasteiger charge is -2.05. The van der Waals surface area contributed by atoms with Gasteiger partial charge in [0.15, 0.2) is 0 Å². The molecular formula is C10H8BrFN2. The Labute approximate surface area is 90.0 Å². The molecule has 72 valence electrons. The van der Waals surface area contributed by atoms with Crippen molar-refractivity contribution in [2.24, 2.45) is 5.73 Å². The maximum Gasteiger partial charge on any atom is 0.138 e. The van der Waals surface area contributed by atoms with Crippen molar-refractivity contribution in [2.45, 2.75) is 6.92 Å². The third kappa shape index (κ3) is 1.94. The lowest BCUT2D eigenvalue weighted by atomic mass is 10.1. The molecule has 0 fully saturated rings. The van der Waals surface area contributed by atoms with Crippen LogP contribution in [-0.4, -0.2) is 0 Å². The van der Waals surface area contributed by atoms with Crippen molar-refractivity contribution in [1.29, 1.82) is 5.26 Å². The molecule has 1 aromatic rings. The lowest BCUT2D eigenvalue weighted by molar-refractivity contribution is 0.620. The fourth-order valence-corrected chi connectivity index (χ4v) is 1.45. The van der Waals surface area contributed by atoms with Gasteiger partial charge < -0.3 is 5.73 Å². The van der Waals surface area contributed by atoms with E-state index in [1.165, 1.54) is 6.07 Å². The van der Waals surface area contributed by atoms with Crippen LogP contribution in [0, 0.1) is 17.1 Å². The van der Waals surface area contributed by atoms with Crippen LogP contribution in [0.2, 0.25) is 0 Å². The largest absolute Gasteiger partial charge is 0.397 e.